The largest absolute Gasteiger partial charge is 0.493 e. The standard InChI is InChI=1S/C31H36Cl2N2O4/c1-4-5-17-34-31(37)27(18-22-9-7-6-8-10-22)35(21-24-13-14-25(32)20-26(24)33)30(36)16-12-23-11-15-28(38-2)29(19-23)39-3/h6-11,13-15,19-20,27H,4-5,12,16-18,21H2,1-3H3,(H,34,37). The summed E-state index contributed by atoms with van der Waals surface area (Å²) in [6.07, 6.45) is 2.87. The first-order valence-corrected chi connectivity index (χ1v) is 13.9. The Hall–Kier alpha value is -3.22. The predicted octanol–water partition coefficient (Wildman–Crippen LogP) is 6.50. The van der Waals surface area contributed by atoms with Crippen LogP contribution in [0.5, 0.6) is 11.5 Å². The molecule has 6 nitrogen and oxygen atoms in total. The van der Waals surface area contributed by atoms with Crippen molar-refractivity contribution in [3.63, 3.8) is 0 Å². The molecule has 1 N–H and O–H groups in total. The average Bonchev–Trinajstić information content (AvgIpc) is 2.95. The van der Waals surface area contributed by atoms with Crippen molar-refractivity contribution in [2.24, 2.45) is 0 Å². The van der Waals surface area contributed by atoms with Gasteiger partial charge < -0.3 is 19.7 Å². The first-order chi connectivity index (χ1) is 18.9. The molecule has 8 heteroatoms. The summed E-state index contributed by atoms with van der Waals surface area (Å²) in [7, 11) is 3.16. The van der Waals surface area contributed by atoms with Crippen LogP contribution in [-0.2, 0) is 29.0 Å². The van der Waals surface area contributed by atoms with Crippen molar-refractivity contribution < 1.29 is 19.1 Å². The van der Waals surface area contributed by atoms with E-state index < -0.39 is 6.04 Å². The van der Waals surface area contributed by atoms with E-state index in [9.17, 15) is 9.59 Å². The maximum atomic E-state index is 13.9. The maximum absolute atomic E-state index is 13.9. The Kier molecular flexibility index (Phi) is 12.0. The van der Waals surface area contributed by atoms with Crippen LogP contribution in [0.1, 0.15) is 42.9 Å². The van der Waals surface area contributed by atoms with Gasteiger partial charge in [-0.25, -0.2) is 0 Å². The summed E-state index contributed by atoms with van der Waals surface area (Å²) < 4.78 is 10.7. The van der Waals surface area contributed by atoms with Gasteiger partial charge in [0.25, 0.3) is 0 Å². The third-order valence-electron chi connectivity index (χ3n) is 6.53. The highest BCUT2D eigenvalue weighted by atomic mass is 35.5. The van der Waals surface area contributed by atoms with Crippen molar-refractivity contribution in [1.29, 1.82) is 0 Å². The Bertz CT molecular complexity index is 1240. The molecule has 1 atom stereocenters. The summed E-state index contributed by atoms with van der Waals surface area (Å²) in [5.74, 6) is 0.891. The molecule has 0 heterocycles. The zero-order valence-electron chi connectivity index (χ0n) is 22.7. The second-order valence-corrected chi connectivity index (χ2v) is 10.1. The zero-order valence-corrected chi connectivity index (χ0v) is 24.2. The van der Waals surface area contributed by atoms with E-state index in [1.165, 1.54) is 0 Å². The van der Waals surface area contributed by atoms with E-state index in [0.29, 0.717) is 40.9 Å². The van der Waals surface area contributed by atoms with Crippen LogP contribution in [0.15, 0.2) is 66.7 Å². The molecule has 0 bridgehead atoms. The van der Waals surface area contributed by atoms with Gasteiger partial charge in [0.1, 0.15) is 6.04 Å². The van der Waals surface area contributed by atoms with Crippen LogP contribution in [0, 0.1) is 0 Å². The van der Waals surface area contributed by atoms with Gasteiger partial charge in [0.15, 0.2) is 11.5 Å². The van der Waals surface area contributed by atoms with Crippen molar-refractivity contribution >= 4 is 35.0 Å². The fourth-order valence-corrected chi connectivity index (χ4v) is 4.79. The van der Waals surface area contributed by atoms with Crippen molar-refractivity contribution in [3.8, 4) is 11.5 Å². The van der Waals surface area contributed by atoms with Crippen molar-refractivity contribution in [3.05, 3.63) is 93.5 Å². The highest BCUT2D eigenvalue weighted by Crippen LogP contribution is 2.29. The van der Waals surface area contributed by atoms with Crippen LogP contribution in [0.25, 0.3) is 0 Å². The molecule has 0 aromatic heterocycles. The smallest absolute Gasteiger partial charge is 0.243 e. The van der Waals surface area contributed by atoms with Gasteiger partial charge in [0.05, 0.1) is 14.2 Å². The molecule has 0 saturated carbocycles. The number of aryl methyl sites for hydroxylation is 1. The lowest BCUT2D eigenvalue weighted by atomic mass is 10.0. The number of hydrogen-bond donors (Lipinski definition) is 1. The Labute approximate surface area is 241 Å². The van der Waals surface area contributed by atoms with Gasteiger partial charge in [-0.2, -0.15) is 0 Å². The third-order valence-corrected chi connectivity index (χ3v) is 7.12. The van der Waals surface area contributed by atoms with Crippen LogP contribution >= 0.6 is 23.2 Å². The zero-order chi connectivity index (χ0) is 28.2. The van der Waals surface area contributed by atoms with Crippen LogP contribution in [0.2, 0.25) is 10.0 Å². The number of rotatable bonds is 14. The van der Waals surface area contributed by atoms with Crippen LogP contribution < -0.4 is 14.8 Å². The van der Waals surface area contributed by atoms with E-state index in [2.05, 4.69) is 12.2 Å². The molecule has 2 amide bonds. The summed E-state index contributed by atoms with van der Waals surface area (Å²) >= 11 is 12.6. The number of amides is 2. The van der Waals surface area contributed by atoms with E-state index in [0.717, 1.165) is 29.5 Å². The number of benzene rings is 3. The second kappa shape index (κ2) is 15.4. The molecule has 0 radical (unpaired) electrons. The quantitative estimate of drug-likeness (QED) is 0.225. The molecule has 0 aliphatic rings. The van der Waals surface area contributed by atoms with Crippen LogP contribution in [0.4, 0.5) is 0 Å². The Balaban J connectivity index is 1.92. The molecule has 39 heavy (non-hydrogen) atoms. The molecule has 1 unspecified atom stereocenters. The summed E-state index contributed by atoms with van der Waals surface area (Å²) in [5, 5.41) is 3.99. The van der Waals surface area contributed by atoms with Gasteiger partial charge in [0.2, 0.25) is 11.8 Å². The first-order valence-electron chi connectivity index (χ1n) is 13.1. The Morgan fingerprint density at radius 3 is 2.33 bits per heavy atom. The van der Waals surface area contributed by atoms with Gasteiger partial charge in [-0.3, -0.25) is 9.59 Å². The van der Waals surface area contributed by atoms with Crippen molar-refractivity contribution in [1.82, 2.24) is 10.2 Å². The van der Waals surface area contributed by atoms with E-state index in [-0.39, 0.29) is 24.8 Å². The first kappa shape index (κ1) is 30.3. The predicted molar refractivity (Wildman–Crippen MR) is 157 cm³/mol. The molecular formula is C31H36Cl2N2O4. The molecule has 3 aromatic carbocycles. The normalized spacial score (nSPS) is 11.5. The summed E-state index contributed by atoms with van der Waals surface area (Å²) in [5.41, 5.74) is 2.62. The summed E-state index contributed by atoms with van der Waals surface area (Å²) in [6.45, 7) is 2.80. The lowest BCUT2D eigenvalue weighted by molar-refractivity contribution is -0.141. The number of nitrogens with one attached hydrogen (secondary N) is 1. The number of halogens is 2. The van der Waals surface area contributed by atoms with Crippen LogP contribution in [-0.4, -0.2) is 43.5 Å². The highest BCUT2D eigenvalue weighted by molar-refractivity contribution is 6.35. The topological polar surface area (TPSA) is 67.9 Å². The van der Waals surface area contributed by atoms with E-state index >= 15 is 0 Å². The van der Waals surface area contributed by atoms with Gasteiger partial charge in [-0.05, 0) is 53.8 Å². The van der Waals surface area contributed by atoms with Gasteiger partial charge >= 0.3 is 0 Å². The average molecular weight is 572 g/mol. The second-order valence-electron chi connectivity index (χ2n) is 9.30. The van der Waals surface area contributed by atoms with Crippen molar-refractivity contribution in [2.45, 2.75) is 51.6 Å². The fraction of sp³-hybridized carbons (Fsp3) is 0.355. The SMILES string of the molecule is CCCCNC(=O)C(Cc1ccccc1)N(Cc1ccc(Cl)cc1Cl)C(=O)CCc1ccc(OC)c(OC)c1. The Morgan fingerprint density at radius 2 is 1.67 bits per heavy atom. The summed E-state index contributed by atoms with van der Waals surface area (Å²) in [6, 6.07) is 19.8. The lowest BCUT2D eigenvalue weighted by Crippen LogP contribution is -2.50. The molecule has 0 spiro atoms. The fourth-order valence-electron chi connectivity index (χ4n) is 4.32. The van der Waals surface area contributed by atoms with E-state index in [1.807, 2.05) is 48.5 Å². The minimum absolute atomic E-state index is 0.151. The lowest BCUT2D eigenvalue weighted by Gasteiger charge is -2.32. The minimum Gasteiger partial charge on any atom is -0.493 e. The minimum atomic E-state index is -0.714. The van der Waals surface area contributed by atoms with Gasteiger partial charge in [0, 0.05) is 36.0 Å². The Morgan fingerprint density at radius 1 is 0.923 bits per heavy atom. The van der Waals surface area contributed by atoms with E-state index in [1.54, 1.807) is 37.3 Å². The van der Waals surface area contributed by atoms with Gasteiger partial charge in [-0.15, -0.1) is 0 Å². The molecule has 0 aliphatic carbocycles. The number of hydrogen-bond acceptors (Lipinski definition) is 4. The number of unbranched alkanes of at least 4 members (excludes halogenated alkanes) is 1. The maximum Gasteiger partial charge on any atom is 0.243 e. The molecule has 0 saturated heterocycles. The molecule has 3 rings (SSSR count). The molecule has 0 aliphatic heterocycles. The number of carbonyl (C=O) groups excluding carboxylic acids is 2. The number of methoxy groups -OCH3 is 2. The third kappa shape index (κ3) is 8.91. The van der Waals surface area contributed by atoms with Gasteiger partial charge in [-0.1, -0.05) is 79.0 Å². The monoisotopic (exact) mass is 570 g/mol. The number of ether oxygens (including phenoxy) is 2. The van der Waals surface area contributed by atoms with Crippen LogP contribution in [0.3, 0.4) is 0 Å². The highest BCUT2D eigenvalue weighted by Gasteiger charge is 2.30. The number of nitrogens with zero attached hydrogens (tertiary/aromatic N) is 1. The summed E-state index contributed by atoms with van der Waals surface area (Å²) in [4.78, 5) is 29.0. The van der Waals surface area contributed by atoms with Crippen molar-refractivity contribution in [2.75, 3.05) is 20.8 Å². The molecule has 3 aromatic rings. The number of carbonyl (C=O) groups is 2. The van der Waals surface area contributed by atoms with E-state index in [4.69, 9.17) is 32.7 Å². The molecule has 208 valence electrons. The molecule has 0 fully saturated rings. The molecular weight excluding hydrogens is 535 g/mol.